The number of carboxylic acid groups (broad SMARTS) is 1. The molecular weight excluding hydrogens is 328 g/mol. The fourth-order valence-electron chi connectivity index (χ4n) is 4.02. The third-order valence-corrected chi connectivity index (χ3v) is 5.89. The van der Waals surface area contributed by atoms with Gasteiger partial charge in [-0.2, -0.15) is 0 Å². The van der Waals surface area contributed by atoms with Gasteiger partial charge < -0.3 is 10.0 Å². The van der Waals surface area contributed by atoms with Crippen molar-refractivity contribution >= 4 is 11.9 Å². The number of carbonyl (C=O) groups is 2. The fraction of sp³-hybridized carbons (Fsp3) is 0.619. The van der Waals surface area contributed by atoms with Crippen LogP contribution in [0.2, 0.25) is 0 Å². The molecule has 5 heteroatoms. The topological polar surface area (TPSA) is 60.9 Å². The maximum Gasteiger partial charge on any atom is 0.326 e. The molecule has 0 spiro atoms. The van der Waals surface area contributed by atoms with Crippen LogP contribution in [0.15, 0.2) is 30.3 Å². The van der Waals surface area contributed by atoms with Crippen molar-refractivity contribution in [2.24, 2.45) is 5.92 Å². The second-order valence-corrected chi connectivity index (χ2v) is 7.84. The van der Waals surface area contributed by atoms with Crippen LogP contribution in [0.1, 0.15) is 45.1 Å². The predicted octanol–water partition coefficient (Wildman–Crippen LogP) is 2.79. The Bertz CT molecular complexity index is 621. The average Bonchev–Trinajstić information content (AvgIpc) is 3.47. The SMILES string of the molecule is CC(C(=O)N(C1CC1)C(C)C(=O)O)N1CCC(Cc2ccccc2)CC1. The number of rotatable bonds is 7. The Morgan fingerprint density at radius 1 is 1.12 bits per heavy atom. The molecule has 1 saturated heterocycles. The molecule has 2 aliphatic rings. The highest BCUT2D eigenvalue weighted by Crippen LogP contribution is 2.31. The highest BCUT2D eigenvalue weighted by Gasteiger charge is 2.41. The van der Waals surface area contributed by atoms with Gasteiger partial charge in [-0.05, 0) is 70.5 Å². The molecule has 1 aliphatic carbocycles. The molecule has 0 bridgehead atoms. The maximum atomic E-state index is 13.0. The van der Waals surface area contributed by atoms with Gasteiger partial charge in [0.05, 0.1) is 6.04 Å². The number of piperidine rings is 1. The number of hydrogen-bond donors (Lipinski definition) is 1. The van der Waals surface area contributed by atoms with Gasteiger partial charge in [0.25, 0.3) is 0 Å². The Labute approximate surface area is 156 Å². The quantitative estimate of drug-likeness (QED) is 0.814. The highest BCUT2D eigenvalue weighted by molar-refractivity contribution is 5.87. The lowest BCUT2D eigenvalue weighted by atomic mass is 9.89. The van der Waals surface area contributed by atoms with E-state index in [2.05, 4.69) is 29.2 Å². The molecular formula is C21H30N2O3. The number of nitrogens with zero attached hydrogens (tertiary/aromatic N) is 2. The number of benzene rings is 1. The van der Waals surface area contributed by atoms with Crippen molar-refractivity contribution in [1.29, 1.82) is 0 Å². The van der Waals surface area contributed by atoms with Gasteiger partial charge in [-0.15, -0.1) is 0 Å². The Hall–Kier alpha value is -1.88. The molecule has 1 aromatic carbocycles. The van der Waals surface area contributed by atoms with Gasteiger partial charge in [-0.3, -0.25) is 9.69 Å². The summed E-state index contributed by atoms with van der Waals surface area (Å²) >= 11 is 0. The smallest absolute Gasteiger partial charge is 0.326 e. The summed E-state index contributed by atoms with van der Waals surface area (Å²) in [5.74, 6) is -0.281. The van der Waals surface area contributed by atoms with E-state index in [9.17, 15) is 14.7 Å². The Morgan fingerprint density at radius 3 is 2.27 bits per heavy atom. The molecule has 0 aromatic heterocycles. The van der Waals surface area contributed by atoms with Crippen LogP contribution >= 0.6 is 0 Å². The Balaban J connectivity index is 1.54. The Morgan fingerprint density at radius 2 is 1.73 bits per heavy atom. The molecule has 1 amide bonds. The summed E-state index contributed by atoms with van der Waals surface area (Å²) in [5.41, 5.74) is 1.38. The Kier molecular flexibility index (Phi) is 5.97. The first-order valence-electron chi connectivity index (χ1n) is 9.80. The third-order valence-electron chi connectivity index (χ3n) is 5.89. The van der Waals surface area contributed by atoms with E-state index >= 15 is 0 Å². The largest absolute Gasteiger partial charge is 0.480 e. The van der Waals surface area contributed by atoms with Crippen LogP contribution in [0.3, 0.4) is 0 Å². The van der Waals surface area contributed by atoms with Crippen molar-refractivity contribution in [1.82, 2.24) is 9.80 Å². The molecule has 3 rings (SSSR count). The maximum absolute atomic E-state index is 13.0. The van der Waals surface area contributed by atoms with Gasteiger partial charge in [0.15, 0.2) is 0 Å². The molecule has 0 radical (unpaired) electrons. The summed E-state index contributed by atoms with van der Waals surface area (Å²) < 4.78 is 0. The molecule has 1 saturated carbocycles. The van der Waals surface area contributed by atoms with E-state index in [1.54, 1.807) is 11.8 Å². The number of likely N-dealkylation sites (tertiary alicyclic amines) is 1. The number of amides is 1. The zero-order valence-electron chi connectivity index (χ0n) is 15.8. The van der Waals surface area contributed by atoms with Crippen molar-refractivity contribution in [3.05, 3.63) is 35.9 Å². The van der Waals surface area contributed by atoms with Crippen LogP contribution in [0, 0.1) is 5.92 Å². The molecule has 1 aromatic rings. The first-order chi connectivity index (χ1) is 12.5. The fourth-order valence-corrected chi connectivity index (χ4v) is 4.02. The average molecular weight is 358 g/mol. The van der Waals surface area contributed by atoms with Crippen molar-refractivity contribution in [2.45, 2.75) is 64.1 Å². The van der Waals surface area contributed by atoms with E-state index < -0.39 is 12.0 Å². The monoisotopic (exact) mass is 358 g/mol. The second-order valence-electron chi connectivity index (χ2n) is 7.84. The van der Waals surface area contributed by atoms with Crippen LogP contribution in [-0.4, -0.2) is 58.0 Å². The molecule has 2 atom stereocenters. The van der Waals surface area contributed by atoms with Crippen LogP contribution in [-0.2, 0) is 16.0 Å². The lowest BCUT2D eigenvalue weighted by Crippen LogP contribution is -2.54. The highest BCUT2D eigenvalue weighted by atomic mass is 16.4. The zero-order valence-corrected chi connectivity index (χ0v) is 15.8. The standard InChI is InChI=1S/C21H30N2O3/c1-15(20(24)23(19-8-9-19)16(2)21(25)26)22-12-10-18(11-13-22)14-17-6-4-3-5-7-17/h3-7,15-16,18-19H,8-14H2,1-2H3,(H,25,26). The van der Waals surface area contributed by atoms with Crippen LogP contribution in [0.25, 0.3) is 0 Å². The van der Waals surface area contributed by atoms with Crippen molar-refractivity contribution in [3.8, 4) is 0 Å². The van der Waals surface area contributed by atoms with Gasteiger partial charge in [-0.1, -0.05) is 30.3 Å². The van der Waals surface area contributed by atoms with E-state index in [1.165, 1.54) is 5.56 Å². The van der Waals surface area contributed by atoms with E-state index in [1.807, 2.05) is 13.0 Å². The number of hydrogen-bond acceptors (Lipinski definition) is 3. The molecule has 2 unspecified atom stereocenters. The van der Waals surface area contributed by atoms with Crippen LogP contribution in [0.5, 0.6) is 0 Å². The lowest BCUT2D eigenvalue weighted by Gasteiger charge is -2.38. The van der Waals surface area contributed by atoms with E-state index in [0.717, 1.165) is 45.2 Å². The van der Waals surface area contributed by atoms with Gasteiger partial charge >= 0.3 is 5.97 Å². The van der Waals surface area contributed by atoms with Gasteiger partial charge in [0.1, 0.15) is 6.04 Å². The van der Waals surface area contributed by atoms with E-state index in [4.69, 9.17) is 0 Å². The summed E-state index contributed by atoms with van der Waals surface area (Å²) in [4.78, 5) is 28.2. The normalized spacial score (nSPS) is 21.2. The summed E-state index contributed by atoms with van der Waals surface area (Å²) in [6.45, 7) is 5.37. The van der Waals surface area contributed by atoms with Gasteiger partial charge in [0, 0.05) is 6.04 Å². The van der Waals surface area contributed by atoms with Gasteiger partial charge in [-0.25, -0.2) is 4.79 Å². The number of aliphatic carboxylic acids is 1. The summed E-state index contributed by atoms with van der Waals surface area (Å²) in [5, 5.41) is 9.34. The minimum atomic E-state index is -0.918. The molecule has 1 aliphatic heterocycles. The predicted molar refractivity (Wildman–Crippen MR) is 101 cm³/mol. The van der Waals surface area contributed by atoms with E-state index in [0.29, 0.717) is 5.92 Å². The molecule has 142 valence electrons. The molecule has 26 heavy (non-hydrogen) atoms. The first kappa shape index (κ1) is 18.9. The third kappa shape index (κ3) is 4.44. The second kappa shape index (κ2) is 8.21. The molecule has 2 fully saturated rings. The molecule has 1 N–H and O–H groups in total. The molecule has 1 heterocycles. The van der Waals surface area contributed by atoms with Gasteiger partial charge in [0.2, 0.25) is 5.91 Å². The van der Waals surface area contributed by atoms with Crippen molar-refractivity contribution in [3.63, 3.8) is 0 Å². The zero-order chi connectivity index (χ0) is 18.7. The summed E-state index contributed by atoms with van der Waals surface area (Å²) in [7, 11) is 0. The minimum absolute atomic E-state index is 0.0242. The minimum Gasteiger partial charge on any atom is -0.480 e. The number of carbonyl (C=O) groups excluding carboxylic acids is 1. The first-order valence-corrected chi connectivity index (χ1v) is 9.80. The lowest BCUT2D eigenvalue weighted by molar-refractivity contribution is -0.152. The summed E-state index contributed by atoms with van der Waals surface area (Å²) in [6.07, 6.45) is 5.13. The van der Waals surface area contributed by atoms with E-state index in [-0.39, 0.29) is 18.0 Å². The van der Waals surface area contributed by atoms with Crippen molar-refractivity contribution in [2.75, 3.05) is 13.1 Å². The van der Waals surface area contributed by atoms with Crippen molar-refractivity contribution < 1.29 is 14.7 Å². The number of carboxylic acids is 1. The van der Waals surface area contributed by atoms with Crippen LogP contribution in [0.4, 0.5) is 0 Å². The summed E-state index contributed by atoms with van der Waals surface area (Å²) in [6, 6.07) is 9.71. The molecule has 5 nitrogen and oxygen atoms in total. The van der Waals surface area contributed by atoms with Crippen LogP contribution < -0.4 is 0 Å².